The number of hydrogen-bond acceptors (Lipinski definition) is 1. The number of rotatable bonds is 12. The van der Waals surface area contributed by atoms with Gasteiger partial charge in [0, 0.05) is 6.54 Å². The molecule has 1 heteroatoms. The molecule has 0 saturated carbocycles. The molecule has 0 aliphatic carbocycles. The van der Waals surface area contributed by atoms with Crippen molar-refractivity contribution in [3.8, 4) is 0 Å². The van der Waals surface area contributed by atoms with Gasteiger partial charge >= 0.3 is 0 Å². The maximum absolute atomic E-state index is 2.76. The Bertz CT molecular complexity index is 196. The molecule has 0 aromatic rings. The van der Waals surface area contributed by atoms with Gasteiger partial charge in [-0.25, -0.2) is 0 Å². The van der Waals surface area contributed by atoms with E-state index in [2.05, 4.69) is 18.7 Å². The second kappa shape index (κ2) is 12.7. The zero-order valence-corrected chi connectivity index (χ0v) is 14.3. The molecule has 1 saturated heterocycles. The maximum atomic E-state index is 2.76. The standard InChI is InChI=1S/C19H39N/c1-3-5-7-8-11-15-19(14-10-6-4-2)18-20-16-12-9-13-17-20/h19H,3-18H2,1-2H3. The average Bonchev–Trinajstić information content (AvgIpc) is 2.48. The molecule has 20 heavy (non-hydrogen) atoms. The summed E-state index contributed by atoms with van der Waals surface area (Å²) in [6.45, 7) is 8.78. The van der Waals surface area contributed by atoms with Crippen molar-refractivity contribution in [1.82, 2.24) is 4.90 Å². The van der Waals surface area contributed by atoms with Crippen LogP contribution in [0.2, 0.25) is 0 Å². The van der Waals surface area contributed by atoms with Gasteiger partial charge in [0.2, 0.25) is 0 Å². The summed E-state index contributed by atoms with van der Waals surface area (Å²) >= 11 is 0. The highest BCUT2D eigenvalue weighted by Gasteiger charge is 2.16. The van der Waals surface area contributed by atoms with Gasteiger partial charge < -0.3 is 4.90 Å². The fraction of sp³-hybridized carbons (Fsp3) is 1.00. The number of hydrogen-bond donors (Lipinski definition) is 0. The van der Waals surface area contributed by atoms with Gasteiger partial charge in [0.05, 0.1) is 0 Å². The molecule has 1 nitrogen and oxygen atoms in total. The third kappa shape index (κ3) is 9.00. The first-order chi connectivity index (χ1) is 9.86. The van der Waals surface area contributed by atoms with Crippen LogP contribution in [0, 0.1) is 5.92 Å². The third-order valence-corrected chi connectivity index (χ3v) is 4.90. The van der Waals surface area contributed by atoms with Crippen LogP contribution >= 0.6 is 0 Å². The van der Waals surface area contributed by atoms with Crippen molar-refractivity contribution in [1.29, 1.82) is 0 Å². The molecule has 1 heterocycles. The minimum Gasteiger partial charge on any atom is -0.303 e. The first-order valence-electron chi connectivity index (χ1n) is 9.59. The summed E-state index contributed by atoms with van der Waals surface area (Å²) in [5.74, 6) is 0.987. The summed E-state index contributed by atoms with van der Waals surface area (Å²) in [4.78, 5) is 2.76. The van der Waals surface area contributed by atoms with Gasteiger partial charge in [0.25, 0.3) is 0 Å². The summed E-state index contributed by atoms with van der Waals surface area (Å²) < 4.78 is 0. The van der Waals surface area contributed by atoms with Gasteiger partial charge in [0.1, 0.15) is 0 Å². The van der Waals surface area contributed by atoms with Crippen LogP contribution in [0.3, 0.4) is 0 Å². The lowest BCUT2D eigenvalue weighted by atomic mass is 9.93. The highest BCUT2D eigenvalue weighted by Crippen LogP contribution is 2.21. The molecule has 0 aromatic carbocycles. The Morgan fingerprint density at radius 2 is 1.25 bits per heavy atom. The topological polar surface area (TPSA) is 3.24 Å². The van der Waals surface area contributed by atoms with E-state index in [1.807, 2.05) is 0 Å². The van der Waals surface area contributed by atoms with Crippen LogP contribution in [-0.4, -0.2) is 24.5 Å². The zero-order chi connectivity index (χ0) is 14.5. The Kier molecular flexibility index (Phi) is 11.4. The van der Waals surface area contributed by atoms with E-state index in [1.165, 1.54) is 103 Å². The van der Waals surface area contributed by atoms with Crippen molar-refractivity contribution in [3.05, 3.63) is 0 Å². The van der Waals surface area contributed by atoms with E-state index in [1.54, 1.807) is 0 Å². The summed E-state index contributed by atoms with van der Waals surface area (Å²) in [6.07, 6.45) is 18.8. The molecule has 0 amide bonds. The normalized spacial score (nSPS) is 18.3. The number of likely N-dealkylation sites (tertiary alicyclic amines) is 1. The molecular formula is C19H39N. The quantitative estimate of drug-likeness (QED) is 0.395. The van der Waals surface area contributed by atoms with Crippen molar-refractivity contribution in [2.24, 2.45) is 5.92 Å². The van der Waals surface area contributed by atoms with Crippen molar-refractivity contribution >= 4 is 0 Å². The molecular weight excluding hydrogens is 242 g/mol. The summed E-state index contributed by atoms with van der Waals surface area (Å²) in [5, 5.41) is 0. The van der Waals surface area contributed by atoms with E-state index < -0.39 is 0 Å². The van der Waals surface area contributed by atoms with Crippen LogP contribution in [0.15, 0.2) is 0 Å². The molecule has 0 spiro atoms. The van der Waals surface area contributed by atoms with Crippen LogP contribution in [0.5, 0.6) is 0 Å². The Morgan fingerprint density at radius 1 is 0.700 bits per heavy atom. The largest absolute Gasteiger partial charge is 0.303 e. The van der Waals surface area contributed by atoms with Gasteiger partial charge in [0.15, 0.2) is 0 Å². The Hall–Kier alpha value is -0.0400. The number of piperidine rings is 1. The molecule has 0 bridgehead atoms. The van der Waals surface area contributed by atoms with Crippen molar-refractivity contribution in [2.75, 3.05) is 19.6 Å². The maximum Gasteiger partial charge on any atom is 0.000965 e. The average molecular weight is 282 g/mol. The van der Waals surface area contributed by atoms with E-state index in [9.17, 15) is 0 Å². The smallest absolute Gasteiger partial charge is 0.000965 e. The SMILES string of the molecule is CCCCCCCC(CCCCC)CN1CCCCC1. The molecule has 1 unspecified atom stereocenters. The molecule has 1 fully saturated rings. The summed E-state index contributed by atoms with van der Waals surface area (Å²) in [5.41, 5.74) is 0. The second-order valence-corrected chi connectivity index (χ2v) is 6.93. The van der Waals surface area contributed by atoms with Gasteiger partial charge in [-0.15, -0.1) is 0 Å². The fourth-order valence-corrected chi connectivity index (χ4v) is 3.55. The monoisotopic (exact) mass is 281 g/mol. The van der Waals surface area contributed by atoms with E-state index >= 15 is 0 Å². The Morgan fingerprint density at radius 3 is 1.90 bits per heavy atom. The van der Waals surface area contributed by atoms with E-state index in [-0.39, 0.29) is 0 Å². The number of unbranched alkanes of at least 4 members (excludes halogenated alkanes) is 6. The predicted octanol–water partition coefficient (Wildman–Crippen LogP) is 6.03. The van der Waals surface area contributed by atoms with Crippen LogP contribution < -0.4 is 0 Å². The van der Waals surface area contributed by atoms with Crippen molar-refractivity contribution < 1.29 is 0 Å². The van der Waals surface area contributed by atoms with Gasteiger partial charge in [-0.2, -0.15) is 0 Å². The van der Waals surface area contributed by atoms with Gasteiger partial charge in [-0.3, -0.25) is 0 Å². The highest BCUT2D eigenvalue weighted by atomic mass is 15.1. The molecule has 120 valence electrons. The minimum absolute atomic E-state index is 0.987. The van der Waals surface area contributed by atoms with Crippen LogP contribution in [0.1, 0.15) is 97.3 Å². The molecule has 1 atom stereocenters. The second-order valence-electron chi connectivity index (χ2n) is 6.93. The lowest BCUT2D eigenvalue weighted by molar-refractivity contribution is 0.182. The van der Waals surface area contributed by atoms with Crippen LogP contribution in [-0.2, 0) is 0 Å². The van der Waals surface area contributed by atoms with E-state index in [4.69, 9.17) is 0 Å². The van der Waals surface area contributed by atoms with Gasteiger partial charge in [-0.1, -0.05) is 71.6 Å². The molecule has 1 aliphatic rings. The van der Waals surface area contributed by atoms with Crippen molar-refractivity contribution in [3.63, 3.8) is 0 Å². The van der Waals surface area contributed by atoms with Crippen molar-refractivity contribution in [2.45, 2.75) is 97.3 Å². The lowest BCUT2D eigenvalue weighted by Gasteiger charge is -2.30. The molecule has 1 aliphatic heterocycles. The highest BCUT2D eigenvalue weighted by molar-refractivity contribution is 4.70. The Labute approximate surface area is 128 Å². The molecule has 0 aromatic heterocycles. The van der Waals surface area contributed by atoms with Gasteiger partial charge in [-0.05, 0) is 44.7 Å². The zero-order valence-electron chi connectivity index (χ0n) is 14.3. The fourth-order valence-electron chi connectivity index (χ4n) is 3.55. The first-order valence-corrected chi connectivity index (χ1v) is 9.59. The summed E-state index contributed by atoms with van der Waals surface area (Å²) in [7, 11) is 0. The van der Waals surface area contributed by atoms with E-state index in [0.29, 0.717) is 0 Å². The Balaban J connectivity index is 2.19. The molecule has 1 rings (SSSR count). The number of nitrogens with zero attached hydrogens (tertiary/aromatic N) is 1. The van der Waals surface area contributed by atoms with E-state index in [0.717, 1.165) is 5.92 Å². The molecule has 0 radical (unpaired) electrons. The minimum atomic E-state index is 0.987. The third-order valence-electron chi connectivity index (χ3n) is 4.90. The predicted molar refractivity (Wildman–Crippen MR) is 91.3 cm³/mol. The van der Waals surface area contributed by atoms with Crippen LogP contribution in [0.4, 0.5) is 0 Å². The lowest BCUT2D eigenvalue weighted by Crippen LogP contribution is -2.34. The molecule has 0 N–H and O–H groups in total. The first kappa shape index (κ1) is 18.0. The van der Waals surface area contributed by atoms with Crippen LogP contribution in [0.25, 0.3) is 0 Å². The summed E-state index contributed by atoms with van der Waals surface area (Å²) in [6, 6.07) is 0.